The minimum Gasteiger partial charge on any atom is -0.480 e. The van der Waals surface area contributed by atoms with Gasteiger partial charge in [-0.3, -0.25) is 4.79 Å². The Bertz CT molecular complexity index is 655. The molecule has 0 spiro atoms. The van der Waals surface area contributed by atoms with Crippen LogP contribution in [0.25, 0.3) is 0 Å². The minimum absolute atomic E-state index is 0.230. The maximum Gasteiger partial charge on any atom is 0.326 e. The molecule has 0 heterocycles. The number of carboxylic acids is 1. The van der Waals surface area contributed by atoms with Gasteiger partial charge < -0.3 is 10.4 Å². The monoisotopic (exact) mass is 325 g/mol. The topological polar surface area (TPSA) is 66.4 Å². The molecule has 0 radical (unpaired) electrons. The Morgan fingerprint density at radius 2 is 1.58 bits per heavy atom. The van der Waals surface area contributed by atoms with Crippen molar-refractivity contribution in [2.45, 2.75) is 38.1 Å². The van der Waals surface area contributed by atoms with Crippen LogP contribution in [-0.4, -0.2) is 23.0 Å². The van der Waals surface area contributed by atoms with Gasteiger partial charge in [0.2, 0.25) is 5.91 Å². The molecule has 24 heavy (non-hydrogen) atoms. The van der Waals surface area contributed by atoms with Crippen molar-refractivity contribution >= 4 is 11.9 Å². The van der Waals surface area contributed by atoms with Crippen molar-refractivity contribution < 1.29 is 14.7 Å². The third-order valence-corrected chi connectivity index (χ3v) is 3.99. The van der Waals surface area contributed by atoms with E-state index in [-0.39, 0.29) is 18.2 Å². The van der Waals surface area contributed by atoms with Crippen LogP contribution in [0.2, 0.25) is 0 Å². The molecule has 126 valence electrons. The van der Waals surface area contributed by atoms with Crippen LogP contribution in [0.3, 0.4) is 0 Å². The van der Waals surface area contributed by atoms with Gasteiger partial charge in [0.25, 0.3) is 0 Å². The number of carboxylic acid groups (broad SMARTS) is 1. The predicted octanol–water partition coefficient (Wildman–Crippen LogP) is 3.38. The van der Waals surface area contributed by atoms with E-state index in [1.54, 1.807) is 0 Å². The van der Waals surface area contributed by atoms with E-state index in [2.05, 4.69) is 5.32 Å². The number of amides is 1. The van der Waals surface area contributed by atoms with Crippen molar-refractivity contribution in [2.75, 3.05) is 0 Å². The molecule has 0 fully saturated rings. The van der Waals surface area contributed by atoms with Gasteiger partial charge in [-0.05, 0) is 17.5 Å². The smallest absolute Gasteiger partial charge is 0.326 e. The summed E-state index contributed by atoms with van der Waals surface area (Å²) in [5, 5.41) is 12.2. The van der Waals surface area contributed by atoms with E-state index in [9.17, 15) is 14.7 Å². The maximum atomic E-state index is 12.7. The van der Waals surface area contributed by atoms with Crippen molar-refractivity contribution in [2.24, 2.45) is 0 Å². The van der Waals surface area contributed by atoms with Gasteiger partial charge in [-0.1, -0.05) is 74.0 Å². The van der Waals surface area contributed by atoms with E-state index in [4.69, 9.17) is 0 Å². The second kappa shape index (κ2) is 8.87. The summed E-state index contributed by atoms with van der Waals surface area (Å²) < 4.78 is 0. The van der Waals surface area contributed by atoms with Crippen LogP contribution in [0, 0.1) is 0 Å². The third kappa shape index (κ3) is 4.95. The molecule has 0 aliphatic rings. The lowest BCUT2D eigenvalue weighted by Crippen LogP contribution is -2.44. The quantitative estimate of drug-likeness (QED) is 0.782. The van der Waals surface area contributed by atoms with Gasteiger partial charge in [-0.25, -0.2) is 4.79 Å². The van der Waals surface area contributed by atoms with E-state index in [0.717, 1.165) is 17.5 Å². The summed E-state index contributed by atoms with van der Waals surface area (Å²) >= 11 is 0. The lowest BCUT2D eigenvalue weighted by molar-refractivity contribution is -0.142. The minimum atomic E-state index is -1.02. The zero-order valence-electron chi connectivity index (χ0n) is 13.8. The van der Waals surface area contributed by atoms with Crippen molar-refractivity contribution in [3.63, 3.8) is 0 Å². The van der Waals surface area contributed by atoms with E-state index in [1.807, 2.05) is 67.6 Å². The summed E-state index contributed by atoms with van der Waals surface area (Å²) in [6.45, 7) is 2.02. The molecule has 2 N–H and O–H groups in total. The molecule has 1 amide bonds. The predicted molar refractivity (Wildman–Crippen MR) is 93.8 cm³/mol. The lowest BCUT2D eigenvalue weighted by Gasteiger charge is -2.20. The first-order chi connectivity index (χ1) is 11.6. The van der Waals surface area contributed by atoms with E-state index >= 15 is 0 Å². The van der Waals surface area contributed by atoms with Gasteiger partial charge in [0, 0.05) is 6.42 Å². The summed E-state index contributed by atoms with van der Waals surface area (Å²) in [6, 6.07) is 17.9. The first kappa shape index (κ1) is 17.7. The fraction of sp³-hybridized carbons (Fsp3) is 0.300. The molecule has 2 aromatic carbocycles. The number of hydrogen-bond donors (Lipinski definition) is 2. The fourth-order valence-electron chi connectivity index (χ4n) is 2.75. The molecule has 0 aliphatic carbocycles. The normalized spacial score (nSPS) is 13.0. The molecule has 0 bridgehead atoms. The highest BCUT2D eigenvalue weighted by Crippen LogP contribution is 2.21. The van der Waals surface area contributed by atoms with Crippen LogP contribution >= 0.6 is 0 Å². The zero-order valence-corrected chi connectivity index (χ0v) is 13.8. The third-order valence-electron chi connectivity index (χ3n) is 3.99. The van der Waals surface area contributed by atoms with Gasteiger partial charge in [-0.15, -0.1) is 0 Å². The van der Waals surface area contributed by atoms with Crippen molar-refractivity contribution in [1.29, 1.82) is 0 Å². The molecule has 0 saturated heterocycles. The van der Waals surface area contributed by atoms with E-state index < -0.39 is 12.0 Å². The Morgan fingerprint density at radius 3 is 2.12 bits per heavy atom. The molecule has 0 aliphatic heterocycles. The number of carbonyl (C=O) groups is 2. The van der Waals surface area contributed by atoms with Crippen LogP contribution in [0.5, 0.6) is 0 Å². The number of benzene rings is 2. The van der Waals surface area contributed by atoms with E-state index in [0.29, 0.717) is 6.42 Å². The van der Waals surface area contributed by atoms with Gasteiger partial charge in [0.15, 0.2) is 0 Å². The Hall–Kier alpha value is -2.62. The second-order valence-corrected chi connectivity index (χ2v) is 5.84. The number of aliphatic carboxylic acids is 1. The summed E-state index contributed by atoms with van der Waals surface area (Å²) in [5.74, 6) is -1.57. The van der Waals surface area contributed by atoms with E-state index in [1.165, 1.54) is 0 Å². The molecule has 0 saturated carbocycles. The number of rotatable bonds is 8. The summed E-state index contributed by atoms with van der Waals surface area (Å²) in [6.07, 6.45) is 1.81. The highest BCUT2D eigenvalue weighted by atomic mass is 16.4. The average molecular weight is 325 g/mol. The molecular formula is C20H23NO3. The van der Waals surface area contributed by atoms with Crippen molar-refractivity contribution in [1.82, 2.24) is 5.32 Å². The van der Waals surface area contributed by atoms with Crippen molar-refractivity contribution in [3.05, 3.63) is 71.8 Å². The first-order valence-corrected chi connectivity index (χ1v) is 8.24. The zero-order chi connectivity index (χ0) is 17.4. The van der Waals surface area contributed by atoms with Crippen LogP contribution in [0.15, 0.2) is 60.7 Å². The standard InChI is InChI=1S/C20H23NO3/c1-2-9-17(16-12-7-4-8-13-16)19(22)21-18(20(23)24)14-15-10-5-3-6-11-15/h3-8,10-13,17-18H,2,9,14H2,1H3,(H,21,22)(H,23,24). The Labute approximate surface area is 142 Å². The molecule has 4 heteroatoms. The highest BCUT2D eigenvalue weighted by molar-refractivity contribution is 5.88. The molecule has 0 aromatic heterocycles. The molecule has 2 rings (SSSR count). The van der Waals surface area contributed by atoms with Crippen LogP contribution in [-0.2, 0) is 16.0 Å². The largest absolute Gasteiger partial charge is 0.480 e. The lowest BCUT2D eigenvalue weighted by atomic mass is 9.93. The Kier molecular flexibility index (Phi) is 6.55. The van der Waals surface area contributed by atoms with Gasteiger partial charge in [-0.2, -0.15) is 0 Å². The molecule has 4 nitrogen and oxygen atoms in total. The molecule has 2 atom stereocenters. The first-order valence-electron chi connectivity index (χ1n) is 8.24. The molecule has 2 aromatic rings. The van der Waals surface area contributed by atoms with Gasteiger partial charge in [0.1, 0.15) is 6.04 Å². The average Bonchev–Trinajstić information content (AvgIpc) is 2.60. The van der Waals surface area contributed by atoms with Crippen LogP contribution in [0.4, 0.5) is 0 Å². The molecular weight excluding hydrogens is 302 g/mol. The Balaban J connectivity index is 2.12. The number of carbonyl (C=O) groups excluding carboxylic acids is 1. The summed E-state index contributed by atoms with van der Waals surface area (Å²) in [5.41, 5.74) is 1.80. The van der Waals surface area contributed by atoms with Gasteiger partial charge in [0.05, 0.1) is 5.92 Å². The molecule has 2 unspecified atom stereocenters. The summed E-state index contributed by atoms with van der Waals surface area (Å²) in [4.78, 5) is 24.2. The number of nitrogens with one attached hydrogen (secondary N) is 1. The van der Waals surface area contributed by atoms with Gasteiger partial charge >= 0.3 is 5.97 Å². The van der Waals surface area contributed by atoms with Crippen molar-refractivity contribution in [3.8, 4) is 0 Å². The summed E-state index contributed by atoms with van der Waals surface area (Å²) in [7, 11) is 0. The fourth-order valence-corrected chi connectivity index (χ4v) is 2.75. The van der Waals surface area contributed by atoms with Crippen LogP contribution < -0.4 is 5.32 Å². The number of hydrogen-bond acceptors (Lipinski definition) is 2. The second-order valence-electron chi connectivity index (χ2n) is 5.84. The SMILES string of the molecule is CCCC(C(=O)NC(Cc1ccccc1)C(=O)O)c1ccccc1. The highest BCUT2D eigenvalue weighted by Gasteiger charge is 2.26. The Morgan fingerprint density at radius 1 is 1.00 bits per heavy atom. The van der Waals surface area contributed by atoms with Crippen LogP contribution in [0.1, 0.15) is 36.8 Å². The maximum absolute atomic E-state index is 12.7.